The number of fused-ring (bicyclic) bond motifs is 2. The number of rotatable bonds is 4. The normalized spacial score (nSPS) is 38.3. The molecule has 2 saturated carbocycles. The summed E-state index contributed by atoms with van der Waals surface area (Å²) in [6.45, 7) is 8.55. The lowest BCUT2D eigenvalue weighted by atomic mass is 9.59. The molecule has 0 heterocycles. The lowest BCUT2D eigenvalue weighted by Gasteiger charge is -2.45. The molecular weight excluding hydrogens is 428 g/mol. The minimum absolute atomic E-state index is 0.399. The van der Waals surface area contributed by atoms with E-state index in [1.807, 2.05) is 6.08 Å². The molecule has 0 aromatic carbocycles. The molecule has 0 aromatic heterocycles. The van der Waals surface area contributed by atoms with Crippen molar-refractivity contribution in [3.63, 3.8) is 0 Å². The Balaban J connectivity index is 1.93. The molecule has 2 bridgehead atoms. The van der Waals surface area contributed by atoms with Crippen LogP contribution in [0.25, 0.3) is 0 Å². The molecule has 0 aliphatic heterocycles. The van der Waals surface area contributed by atoms with Crippen molar-refractivity contribution < 1.29 is 38.1 Å². The van der Waals surface area contributed by atoms with E-state index in [1.165, 1.54) is 28.1 Å². The second-order valence-electron chi connectivity index (χ2n) is 9.78. The number of carbonyl (C=O) groups excluding carboxylic acids is 4. The summed E-state index contributed by atoms with van der Waals surface area (Å²) in [5.74, 6) is -3.37. The summed E-state index contributed by atoms with van der Waals surface area (Å²) in [6.07, 6.45) is 4.64. The van der Waals surface area contributed by atoms with Gasteiger partial charge in [0.25, 0.3) is 0 Å². The molecule has 4 aliphatic carbocycles. The average molecular weight is 459 g/mol. The van der Waals surface area contributed by atoms with E-state index in [-0.39, 0.29) is 0 Å². The Bertz CT molecular complexity index is 1020. The summed E-state index contributed by atoms with van der Waals surface area (Å²) >= 11 is 0. The van der Waals surface area contributed by atoms with Gasteiger partial charge in [-0.05, 0) is 43.4 Å². The third-order valence-electron chi connectivity index (χ3n) is 8.17. The van der Waals surface area contributed by atoms with E-state index >= 15 is 0 Å². The fourth-order valence-electron chi connectivity index (χ4n) is 6.99. The van der Waals surface area contributed by atoms with E-state index in [4.69, 9.17) is 18.9 Å². The maximum absolute atomic E-state index is 13.4. The average Bonchev–Trinajstić information content (AvgIpc) is 3.15. The zero-order valence-corrected chi connectivity index (χ0v) is 19.7. The summed E-state index contributed by atoms with van der Waals surface area (Å²) in [5, 5.41) is 0. The van der Waals surface area contributed by atoms with Gasteiger partial charge in [-0.15, -0.1) is 0 Å². The molecule has 33 heavy (non-hydrogen) atoms. The monoisotopic (exact) mass is 458 g/mol. The van der Waals surface area contributed by atoms with Gasteiger partial charge in [0.05, 0.1) is 20.1 Å². The van der Waals surface area contributed by atoms with E-state index < -0.39 is 58.2 Å². The van der Waals surface area contributed by atoms with Crippen LogP contribution >= 0.6 is 0 Å². The van der Waals surface area contributed by atoms with Gasteiger partial charge in [-0.2, -0.15) is 0 Å². The number of hydrogen-bond acceptors (Lipinski definition) is 8. The summed E-state index contributed by atoms with van der Waals surface area (Å²) in [7, 11) is 2.60. The molecule has 8 nitrogen and oxygen atoms in total. The van der Waals surface area contributed by atoms with Gasteiger partial charge < -0.3 is 18.9 Å². The van der Waals surface area contributed by atoms with Gasteiger partial charge in [0.15, 0.2) is 0 Å². The Labute approximate surface area is 193 Å². The topological polar surface area (TPSA) is 105 Å². The summed E-state index contributed by atoms with van der Waals surface area (Å²) in [5.41, 5.74) is -0.221. The highest BCUT2D eigenvalue weighted by Crippen LogP contribution is 2.72. The second-order valence-corrected chi connectivity index (χ2v) is 9.78. The molecule has 0 radical (unpaired) electrons. The standard InChI is InChI=1S/C25H30O8/c1-13-11-24-12-25(13,33-15(3)27)10-9-17(24)16-7-8-18(32-14(2)26)23(4,22(29)31-6)19(16)20(24)21(28)30-5/h7-8,18-20H,1,9-12H2,2-6H3. The SMILES string of the molecule is C=C1CC23CC1(OC(C)=O)CCC2=C1C=CC(OC(C)=O)C(C)(C(=O)OC)C1C3C(=O)OC. The number of esters is 4. The molecule has 0 N–H and O–H groups in total. The molecule has 4 aliphatic rings. The highest BCUT2D eigenvalue weighted by molar-refractivity contribution is 5.85. The van der Waals surface area contributed by atoms with Crippen LogP contribution in [0.4, 0.5) is 0 Å². The van der Waals surface area contributed by atoms with Crippen LogP contribution < -0.4 is 0 Å². The van der Waals surface area contributed by atoms with E-state index in [9.17, 15) is 19.2 Å². The van der Waals surface area contributed by atoms with Crippen molar-refractivity contribution in [1.82, 2.24) is 0 Å². The van der Waals surface area contributed by atoms with Crippen LogP contribution in [0.3, 0.4) is 0 Å². The van der Waals surface area contributed by atoms with E-state index in [0.29, 0.717) is 25.7 Å². The van der Waals surface area contributed by atoms with Crippen LogP contribution in [-0.4, -0.2) is 49.8 Å². The third-order valence-corrected chi connectivity index (χ3v) is 8.17. The molecular formula is C25H30O8. The van der Waals surface area contributed by atoms with Crippen molar-refractivity contribution in [2.75, 3.05) is 14.2 Å². The molecule has 0 aromatic rings. The summed E-state index contributed by atoms with van der Waals surface area (Å²) in [4.78, 5) is 50.5. The first-order valence-corrected chi connectivity index (χ1v) is 11.1. The quantitative estimate of drug-likeness (QED) is 0.360. The lowest BCUT2D eigenvalue weighted by Crippen LogP contribution is -2.54. The number of ether oxygens (including phenoxy) is 4. The first-order valence-electron chi connectivity index (χ1n) is 11.1. The maximum Gasteiger partial charge on any atom is 0.316 e. The summed E-state index contributed by atoms with van der Waals surface area (Å²) < 4.78 is 21.8. The number of carbonyl (C=O) groups is 4. The Hall–Kier alpha value is -2.90. The van der Waals surface area contributed by atoms with Crippen molar-refractivity contribution in [2.45, 2.75) is 58.2 Å². The smallest absolute Gasteiger partial charge is 0.316 e. The van der Waals surface area contributed by atoms with Crippen molar-refractivity contribution >= 4 is 23.9 Å². The van der Waals surface area contributed by atoms with Gasteiger partial charge in [0.1, 0.15) is 17.1 Å². The molecule has 2 fully saturated rings. The number of methoxy groups -OCH3 is 2. The van der Waals surface area contributed by atoms with Gasteiger partial charge in [-0.25, -0.2) is 0 Å². The first kappa shape index (κ1) is 23.3. The Morgan fingerprint density at radius 3 is 2.36 bits per heavy atom. The van der Waals surface area contributed by atoms with Crippen molar-refractivity contribution in [3.05, 3.63) is 35.5 Å². The van der Waals surface area contributed by atoms with Crippen LogP contribution in [0.2, 0.25) is 0 Å². The number of allylic oxidation sites excluding steroid dienone is 3. The van der Waals surface area contributed by atoms with Crippen LogP contribution in [0.1, 0.15) is 46.5 Å². The van der Waals surface area contributed by atoms with Crippen molar-refractivity contribution in [3.8, 4) is 0 Å². The molecule has 4 rings (SSSR count). The predicted molar refractivity (Wildman–Crippen MR) is 115 cm³/mol. The molecule has 6 atom stereocenters. The predicted octanol–water partition coefficient (Wildman–Crippen LogP) is 2.81. The second kappa shape index (κ2) is 7.57. The Morgan fingerprint density at radius 2 is 1.79 bits per heavy atom. The highest BCUT2D eigenvalue weighted by atomic mass is 16.6. The van der Waals surface area contributed by atoms with Crippen LogP contribution in [0, 0.1) is 22.7 Å². The molecule has 1 spiro atoms. The van der Waals surface area contributed by atoms with E-state index in [2.05, 4.69) is 6.58 Å². The van der Waals surface area contributed by atoms with Gasteiger partial charge in [0.2, 0.25) is 0 Å². The minimum Gasteiger partial charge on any atom is -0.469 e. The van der Waals surface area contributed by atoms with Gasteiger partial charge in [-0.1, -0.05) is 18.2 Å². The number of hydrogen-bond donors (Lipinski definition) is 0. The minimum atomic E-state index is -1.35. The molecule has 8 heteroatoms. The van der Waals surface area contributed by atoms with Gasteiger partial charge in [-0.3, -0.25) is 19.2 Å². The Kier molecular flexibility index (Phi) is 5.34. The van der Waals surface area contributed by atoms with Gasteiger partial charge >= 0.3 is 23.9 Å². The van der Waals surface area contributed by atoms with Crippen molar-refractivity contribution in [1.29, 1.82) is 0 Å². The zero-order valence-electron chi connectivity index (χ0n) is 19.7. The fourth-order valence-corrected chi connectivity index (χ4v) is 6.99. The van der Waals surface area contributed by atoms with Gasteiger partial charge in [0, 0.05) is 31.6 Å². The largest absolute Gasteiger partial charge is 0.469 e. The van der Waals surface area contributed by atoms with E-state index in [0.717, 1.165) is 16.7 Å². The first-order chi connectivity index (χ1) is 15.5. The van der Waals surface area contributed by atoms with Crippen molar-refractivity contribution in [2.24, 2.45) is 22.7 Å². The Morgan fingerprint density at radius 1 is 1.09 bits per heavy atom. The molecule has 0 amide bonds. The summed E-state index contributed by atoms with van der Waals surface area (Å²) in [6, 6.07) is 0. The van der Waals surface area contributed by atoms with Crippen LogP contribution in [-0.2, 0) is 38.1 Å². The fraction of sp³-hybridized carbons (Fsp3) is 0.600. The molecule has 178 valence electrons. The lowest BCUT2D eigenvalue weighted by molar-refractivity contribution is -0.175. The van der Waals surface area contributed by atoms with Crippen LogP contribution in [0.15, 0.2) is 35.5 Å². The van der Waals surface area contributed by atoms with Crippen LogP contribution in [0.5, 0.6) is 0 Å². The third kappa shape index (κ3) is 3.02. The molecule has 6 unspecified atom stereocenters. The highest BCUT2D eigenvalue weighted by Gasteiger charge is 2.72. The maximum atomic E-state index is 13.4. The van der Waals surface area contributed by atoms with E-state index in [1.54, 1.807) is 13.0 Å². The molecule has 0 saturated heterocycles. The zero-order chi connectivity index (χ0) is 24.3.